The molecule has 0 heterocycles. The standard InChI is InChI=1S/C9H9BrFNO4S/c1-5(9(13)14)17(15,16)12-8-4-6(10)2-3-7(8)11/h2-5,12H,1H3,(H,13,14). The van der Waals surface area contributed by atoms with E-state index >= 15 is 0 Å². The van der Waals surface area contributed by atoms with Crippen LogP contribution in [0.4, 0.5) is 10.1 Å². The van der Waals surface area contributed by atoms with Crippen molar-refractivity contribution in [1.29, 1.82) is 0 Å². The predicted octanol–water partition coefficient (Wildman–Crippen LogP) is 1.80. The summed E-state index contributed by atoms with van der Waals surface area (Å²) in [4.78, 5) is 10.6. The van der Waals surface area contributed by atoms with Crippen LogP contribution in [-0.2, 0) is 14.8 Å². The van der Waals surface area contributed by atoms with Gasteiger partial charge in [0.1, 0.15) is 5.82 Å². The lowest BCUT2D eigenvalue weighted by Gasteiger charge is -2.12. The van der Waals surface area contributed by atoms with E-state index in [0.717, 1.165) is 13.0 Å². The number of nitrogens with one attached hydrogen (secondary N) is 1. The van der Waals surface area contributed by atoms with Crippen molar-refractivity contribution in [2.45, 2.75) is 12.2 Å². The summed E-state index contributed by atoms with van der Waals surface area (Å²) in [6.07, 6.45) is 0. The fraction of sp³-hybridized carbons (Fsp3) is 0.222. The highest BCUT2D eigenvalue weighted by Crippen LogP contribution is 2.21. The highest BCUT2D eigenvalue weighted by Gasteiger charge is 2.28. The Bertz CT molecular complexity index is 546. The Morgan fingerprint density at radius 3 is 2.65 bits per heavy atom. The molecule has 17 heavy (non-hydrogen) atoms. The van der Waals surface area contributed by atoms with Gasteiger partial charge in [-0.05, 0) is 25.1 Å². The van der Waals surface area contributed by atoms with E-state index in [9.17, 15) is 17.6 Å². The number of rotatable bonds is 4. The summed E-state index contributed by atoms with van der Waals surface area (Å²) in [6, 6.07) is 3.67. The zero-order chi connectivity index (χ0) is 13.2. The molecule has 1 atom stereocenters. The van der Waals surface area contributed by atoms with Crippen LogP contribution in [0.15, 0.2) is 22.7 Å². The van der Waals surface area contributed by atoms with Gasteiger partial charge in [-0.15, -0.1) is 0 Å². The van der Waals surface area contributed by atoms with E-state index in [-0.39, 0.29) is 5.69 Å². The van der Waals surface area contributed by atoms with E-state index in [1.165, 1.54) is 12.1 Å². The number of hydrogen-bond donors (Lipinski definition) is 2. The molecule has 94 valence electrons. The van der Waals surface area contributed by atoms with E-state index in [1.54, 1.807) is 0 Å². The molecule has 0 fully saturated rings. The zero-order valence-corrected chi connectivity index (χ0v) is 11.0. The average molecular weight is 326 g/mol. The average Bonchev–Trinajstić information content (AvgIpc) is 2.21. The van der Waals surface area contributed by atoms with Gasteiger partial charge in [0.2, 0.25) is 10.0 Å². The number of benzene rings is 1. The van der Waals surface area contributed by atoms with Crippen LogP contribution in [-0.4, -0.2) is 24.7 Å². The molecule has 1 aromatic rings. The molecule has 0 amide bonds. The van der Waals surface area contributed by atoms with Crippen molar-refractivity contribution in [3.63, 3.8) is 0 Å². The van der Waals surface area contributed by atoms with E-state index < -0.39 is 27.1 Å². The van der Waals surface area contributed by atoms with Gasteiger partial charge in [-0.2, -0.15) is 0 Å². The second-order valence-electron chi connectivity index (χ2n) is 3.25. The Hall–Kier alpha value is -1.15. The Kier molecular flexibility index (Phi) is 4.10. The van der Waals surface area contributed by atoms with Gasteiger partial charge in [0, 0.05) is 4.47 Å². The van der Waals surface area contributed by atoms with E-state index in [4.69, 9.17) is 5.11 Å². The maximum absolute atomic E-state index is 13.3. The highest BCUT2D eigenvalue weighted by molar-refractivity contribution is 9.10. The van der Waals surface area contributed by atoms with Crippen molar-refractivity contribution < 1.29 is 22.7 Å². The number of aliphatic carboxylic acids is 1. The molecule has 0 aromatic heterocycles. The van der Waals surface area contributed by atoms with Crippen LogP contribution in [0, 0.1) is 5.82 Å². The number of hydrogen-bond acceptors (Lipinski definition) is 3. The monoisotopic (exact) mass is 325 g/mol. The van der Waals surface area contributed by atoms with Gasteiger partial charge in [0.05, 0.1) is 5.69 Å². The minimum atomic E-state index is -4.16. The van der Waals surface area contributed by atoms with Gasteiger partial charge >= 0.3 is 5.97 Å². The highest BCUT2D eigenvalue weighted by atomic mass is 79.9. The van der Waals surface area contributed by atoms with Crippen molar-refractivity contribution in [1.82, 2.24) is 0 Å². The lowest BCUT2D eigenvalue weighted by molar-refractivity contribution is -0.136. The first-order valence-electron chi connectivity index (χ1n) is 4.43. The molecule has 5 nitrogen and oxygen atoms in total. The third-order valence-corrected chi connectivity index (χ3v) is 4.12. The number of sulfonamides is 1. The number of carbonyl (C=O) groups is 1. The quantitative estimate of drug-likeness (QED) is 0.884. The number of halogens is 2. The second kappa shape index (κ2) is 5.01. The number of carboxylic acid groups (broad SMARTS) is 1. The summed E-state index contributed by atoms with van der Waals surface area (Å²) >= 11 is 3.05. The Morgan fingerprint density at radius 1 is 1.53 bits per heavy atom. The summed E-state index contributed by atoms with van der Waals surface area (Å²) < 4.78 is 38.7. The lowest BCUT2D eigenvalue weighted by Crippen LogP contribution is -2.32. The first kappa shape index (κ1) is 13.9. The third-order valence-electron chi connectivity index (χ3n) is 1.99. The molecule has 2 N–H and O–H groups in total. The minimum Gasteiger partial charge on any atom is -0.480 e. The van der Waals surface area contributed by atoms with Crippen LogP contribution < -0.4 is 4.72 Å². The zero-order valence-electron chi connectivity index (χ0n) is 8.65. The minimum absolute atomic E-state index is 0.299. The summed E-state index contributed by atoms with van der Waals surface area (Å²) in [6.45, 7) is 1.00. The molecule has 8 heteroatoms. The summed E-state index contributed by atoms with van der Waals surface area (Å²) in [5.41, 5.74) is -0.299. The Balaban J connectivity index is 3.06. The van der Waals surface area contributed by atoms with E-state index in [2.05, 4.69) is 15.9 Å². The molecule has 0 aliphatic carbocycles. The molecule has 0 aliphatic rings. The Morgan fingerprint density at radius 2 is 2.12 bits per heavy atom. The van der Waals surface area contributed by atoms with Crippen LogP contribution >= 0.6 is 15.9 Å². The van der Waals surface area contributed by atoms with Crippen molar-refractivity contribution in [2.75, 3.05) is 4.72 Å². The SMILES string of the molecule is CC(C(=O)O)S(=O)(=O)Nc1cc(Br)ccc1F. The number of carboxylic acids is 1. The van der Waals surface area contributed by atoms with Crippen LogP contribution in [0.3, 0.4) is 0 Å². The topological polar surface area (TPSA) is 83.5 Å². The van der Waals surface area contributed by atoms with Gasteiger partial charge in [-0.1, -0.05) is 15.9 Å². The van der Waals surface area contributed by atoms with Crippen LogP contribution in [0.2, 0.25) is 0 Å². The molecule has 0 saturated heterocycles. The van der Waals surface area contributed by atoms with E-state index in [1.807, 2.05) is 4.72 Å². The lowest BCUT2D eigenvalue weighted by atomic mass is 10.3. The molecule has 0 radical (unpaired) electrons. The summed E-state index contributed by atoms with van der Waals surface area (Å²) in [5, 5.41) is 6.93. The summed E-state index contributed by atoms with van der Waals surface area (Å²) in [7, 11) is -4.16. The van der Waals surface area contributed by atoms with E-state index in [0.29, 0.717) is 4.47 Å². The van der Waals surface area contributed by atoms with Crippen LogP contribution in [0.5, 0.6) is 0 Å². The second-order valence-corrected chi connectivity index (χ2v) is 6.17. The third kappa shape index (κ3) is 3.40. The molecule has 0 bridgehead atoms. The molecular weight excluding hydrogens is 317 g/mol. The normalized spacial score (nSPS) is 13.1. The van der Waals surface area contributed by atoms with Gasteiger partial charge in [-0.25, -0.2) is 12.8 Å². The molecule has 0 spiro atoms. The van der Waals surface area contributed by atoms with Gasteiger partial charge in [0.15, 0.2) is 5.25 Å². The maximum atomic E-state index is 13.3. The van der Waals surface area contributed by atoms with Crippen molar-refractivity contribution in [2.24, 2.45) is 0 Å². The van der Waals surface area contributed by atoms with Gasteiger partial charge in [-0.3, -0.25) is 9.52 Å². The predicted molar refractivity (Wildman–Crippen MR) is 63.7 cm³/mol. The fourth-order valence-corrected chi connectivity index (χ4v) is 2.22. The first-order chi connectivity index (χ1) is 7.74. The smallest absolute Gasteiger partial charge is 0.323 e. The molecule has 1 aromatic carbocycles. The largest absolute Gasteiger partial charge is 0.480 e. The van der Waals surface area contributed by atoms with Gasteiger partial charge in [0.25, 0.3) is 0 Å². The molecule has 0 saturated carbocycles. The fourth-order valence-electron chi connectivity index (χ4n) is 0.950. The summed E-state index contributed by atoms with van der Waals surface area (Å²) in [5.74, 6) is -2.29. The molecule has 0 aliphatic heterocycles. The molecule has 1 unspecified atom stereocenters. The van der Waals surface area contributed by atoms with Crippen LogP contribution in [0.25, 0.3) is 0 Å². The Labute approximate surface area is 106 Å². The van der Waals surface area contributed by atoms with Crippen LogP contribution in [0.1, 0.15) is 6.92 Å². The van der Waals surface area contributed by atoms with Crippen molar-refractivity contribution >= 4 is 37.6 Å². The van der Waals surface area contributed by atoms with Gasteiger partial charge < -0.3 is 5.11 Å². The molecular formula is C9H9BrFNO4S. The molecule has 1 rings (SSSR count). The van der Waals surface area contributed by atoms with Crippen molar-refractivity contribution in [3.8, 4) is 0 Å². The maximum Gasteiger partial charge on any atom is 0.323 e. The first-order valence-corrected chi connectivity index (χ1v) is 6.77. The number of anilines is 1. The van der Waals surface area contributed by atoms with Crippen molar-refractivity contribution in [3.05, 3.63) is 28.5 Å².